The van der Waals surface area contributed by atoms with Crippen molar-refractivity contribution in [2.24, 2.45) is 0 Å². The normalized spacial score (nSPS) is 15.6. The predicted molar refractivity (Wildman–Crippen MR) is 93.5 cm³/mol. The smallest absolute Gasteiger partial charge is 0.0213 e. The van der Waals surface area contributed by atoms with E-state index in [-0.39, 0.29) is 0 Å². The minimum atomic E-state index is 1.00. The molecule has 0 aromatic heterocycles. The summed E-state index contributed by atoms with van der Waals surface area (Å²) in [5.41, 5.74) is 7.05. The first-order chi connectivity index (χ1) is 9.81. The molecule has 0 N–H and O–H groups in total. The van der Waals surface area contributed by atoms with E-state index in [0.717, 1.165) is 24.6 Å². The Morgan fingerprint density at radius 3 is 2.60 bits per heavy atom. The summed E-state index contributed by atoms with van der Waals surface area (Å²) in [7, 11) is 0. The average Bonchev–Trinajstić information content (AvgIpc) is 2.63. The van der Waals surface area contributed by atoms with Crippen LogP contribution in [0.3, 0.4) is 0 Å². The van der Waals surface area contributed by atoms with Crippen LogP contribution in [0.2, 0.25) is 0 Å². The van der Waals surface area contributed by atoms with Gasteiger partial charge in [-0.25, -0.2) is 0 Å². The van der Waals surface area contributed by atoms with Crippen molar-refractivity contribution in [3.63, 3.8) is 0 Å². The van der Waals surface area contributed by atoms with Crippen LogP contribution in [0.15, 0.2) is 53.0 Å². The third-order valence-electron chi connectivity index (χ3n) is 3.82. The highest BCUT2D eigenvalue weighted by Crippen LogP contribution is 2.36. The number of benzene rings is 2. The van der Waals surface area contributed by atoms with Gasteiger partial charge in [-0.15, -0.1) is 0 Å². The summed E-state index contributed by atoms with van der Waals surface area (Å²) in [4.78, 5) is 0. The Bertz CT molecular complexity index is 656. The van der Waals surface area contributed by atoms with Crippen molar-refractivity contribution in [3.05, 3.63) is 75.3 Å². The zero-order chi connectivity index (χ0) is 13.9. The van der Waals surface area contributed by atoms with E-state index in [1.165, 1.54) is 32.3 Å². The topological polar surface area (TPSA) is 0 Å². The maximum absolute atomic E-state index is 3.72. The molecule has 102 valence electrons. The van der Waals surface area contributed by atoms with Gasteiger partial charge in [0.05, 0.1) is 0 Å². The number of halogens is 2. The lowest BCUT2D eigenvalue weighted by Crippen LogP contribution is -1.93. The van der Waals surface area contributed by atoms with Gasteiger partial charge in [0, 0.05) is 9.80 Å². The zero-order valence-electron chi connectivity index (χ0n) is 11.2. The molecule has 0 amide bonds. The van der Waals surface area contributed by atoms with E-state index < -0.39 is 0 Å². The average molecular weight is 392 g/mol. The lowest BCUT2D eigenvalue weighted by atomic mass is 9.93. The van der Waals surface area contributed by atoms with Crippen molar-refractivity contribution in [3.8, 4) is 0 Å². The van der Waals surface area contributed by atoms with Crippen molar-refractivity contribution >= 4 is 37.4 Å². The maximum Gasteiger partial charge on any atom is 0.0213 e. The molecule has 0 fully saturated rings. The van der Waals surface area contributed by atoms with Crippen LogP contribution in [0.25, 0.3) is 5.57 Å². The van der Waals surface area contributed by atoms with Crippen molar-refractivity contribution in [1.82, 2.24) is 0 Å². The predicted octanol–water partition coefficient (Wildman–Crippen LogP) is 5.76. The number of hydrogen-bond donors (Lipinski definition) is 0. The molecule has 0 spiro atoms. The van der Waals surface area contributed by atoms with Crippen LogP contribution in [0, 0.1) is 0 Å². The first kappa shape index (κ1) is 14.1. The molecule has 2 aromatic rings. The SMILES string of the molecule is BrCC/C=C1/c2ccccc2CCc2c(Br)cccc21. The minimum Gasteiger partial charge on any atom is -0.0925 e. The standard InChI is InChI=1S/C18H16Br2/c19-12-4-8-15-14-6-2-1-5-13(14)10-11-17-16(15)7-3-9-18(17)20/h1-3,5-9H,4,10-12H2/b15-8-. The summed E-state index contributed by atoms with van der Waals surface area (Å²) in [5.74, 6) is 0. The second kappa shape index (κ2) is 6.28. The highest BCUT2D eigenvalue weighted by atomic mass is 79.9. The van der Waals surface area contributed by atoms with E-state index >= 15 is 0 Å². The van der Waals surface area contributed by atoms with E-state index in [4.69, 9.17) is 0 Å². The molecule has 1 aliphatic carbocycles. The first-order valence-electron chi connectivity index (χ1n) is 6.93. The molecule has 0 radical (unpaired) electrons. The molecule has 0 saturated carbocycles. The van der Waals surface area contributed by atoms with Gasteiger partial charge < -0.3 is 0 Å². The molecular weight excluding hydrogens is 376 g/mol. The summed E-state index contributed by atoms with van der Waals surface area (Å²) < 4.78 is 1.23. The summed E-state index contributed by atoms with van der Waals surface area (Å²) >= 11 is 7.26. The van der Waals surface area contributed by atoms with E-state index in [1.807, 2.05) is 0 Å². The van der Waals surface area contributed by atoms with Gasteiger partial charge in [0.15, 0.2) is 0 Å². The Labute approximate surface area is 137 Å². The van der Waals surface area contributed by atoms with Crippen molar-refractivity contribution < 1.29 is 0 Å². The first-order valence-corrected chi connectivity index (χ1v) is 8.85. The Morgan fingerprint density at radius 1 is 0.950 bits per heavy atom. The molecule has 20 heavy (non-hydrogen) atoms. The summed E-state index contributed by atoms with van der Waals surface area (Å²) in [6, 6.07) is 15.3. The molecule has 0 nitrogen and oxygen atoms in total. The fourth-order valence-corrected chi connectivity index (χ4v) is 3.68. The van der Waals surface area contributed by atoms with E-state index in [0.29, 0.717) is 0 Å². The number of allylic oxidation sites excluding steroid dienone is 1. The van der Waals surface area contributed by atoms with E-state index in [9.17, 15) is 0 Å². The summed E-state index contributed by atoms with van der Waals surface area (Å²) in [6.07, 6.45) is 5.62. The number of alkyl halides is 1. The Morgan fingerprint density at radius 2 is 1.75 bits per heavy atom. The third kappa shape index (κ3) is 2.64. The van der Waals surface area contributed by atoms with Crippen molar-refractivity contribution in [2.45, 2.75) is 19.3 Å². The quantitative estimate of drug-likeness (QED) is 0.570. The third-order valence-corrected chi connectivity index (χ3v) is 5.02. The number of aryl methyl sites for hydroxylation is 1. The van der Waals surface area contributed by atoms with Gasteiger partial charge in [0.1, 0.15) is 0 Å². The van der Waals surface area contributed by atoms with Gasteiger partial charge in [0.2, 0.25) is 0 Å². The zero-order valence-corrected chi connectivity index (χ0v) is 14.4. The maximum atomic E-state index is 3.72. The van der Waals surface area contributed by atoms with Crippen LogP contribution in [-0.4, -0.2) is 5.33 Å². The molecule has 0 unspecified atom stereocenters. The lowest BCUT2D eigenvalue weighted by Gasteiger charge is -2.12. The van der Waals surface area contributed by atoms with Gasteiger partial charge in [-0.05, 0) is 53.2 Å². The number of rotatable bonds is 2. The van der Waals surface area contributed by atoms with Crippen LogP contribution in [0.5, 0.6) is 0 Å². The number of hydrogen-bond acceptors (Lipinski definition) is 0. The second-order valence-electron chi connectivity index (χ2n) is 5.02. The molecule has 2 aromatic carbocycles. The molecule has 2 heteroatoms. The summed E-state index contributed by atoms with van der Waals surface area (Å²) in [6.45, 7) is 0. The fourth-order valence-electron chi connectivity index (χ4n) is 2.89. The van der Waals surface area contributed by atoms with Crippen molar-refractivity contribution in [1.29, 1.82) is 0 Å². The van der Waals surface area contributed by atoms with Crippen LogP contribution in [0.1, 0.15) is 28.7 Å². The molecular formula is C18H16Br2. The van der Waals surface area contributed by atoms with Crippen LogP contribution in [0.4, 0.5) is 0 Å². The van der Waals surface area contributed by atoms with Gasteiger partial charge in [0.25, 0.3) is 0 Å². The highest BCUT2D eigenvalue weighted by molar-refractivity contribution is 9.10. The minimum absolute atomic E-state index is 1.00. The monoisotopic (exact) mass is 390 g/mol. The number of fused-ring (bicyclic) bond motifs is 2. The lowest BCUT2D eigenvalue weighted by molar-refractivity contribution is 0.959. The molecule has 3 rings (SSSR count). The van der Waals surface area contributed by atoms with Gasteiger partial charge in [-0.3, -0.25) is 0 Å². The van der Waals surface area contributed by atoms with Crippen LogP contribution in [-0.2, 0) is 12.8 Å². The molecule has 0 atom stereocenters. The van der Waals surface area contributed by atoms with Crippen LogP contribution < -0.4 is 0 Å². The fraction of sp³-hybridized carbons (Fsp3) is 0.222. The van der Waals surface area contributed by atoms with E-state index in [1.54, 1.807) is 0 Å². The Hall–Kier alpha value is -0.860. The highest BCUT2D eigenvalue weighted by Gasteiger charge is 2.18. The molecule has 0 saturated heterocycles. The molecule has 0 aliphatic heterocycles. The molecule has 0 bridgehead atoms. The Kier molecular flexibility index (Phi) is 4.42. The molecule has 0 heterocycles. The van der Waals surface area contributed by atoms with Gasteiger partial charge >= 0.3 is 0 Å². The van der Waals surface area contributed by atoms with Gasteiger partial charge in [-0.1, -0.05) is 74.3 Å². The van der Waals surface area contributed by atoms with Gasteiger partial charge in [-0.2, -0.15) is 0 Å². The van der Waals surface area contributed by atoms with Crippen molar-refractivity contribution in [2.75, 3.05) is 5.33 Å². The Balaban J connectivity index is 2.23. The van der Waals surface area contributed by atoms with Crippen LogP contribution >= 0.6 is 31.9 Å². The largest absolute Gasteiger partial charge is 0.0925 e. The second-order valence-corrected chi connectivity index (χ2v) is 6.67. The van der Waals surface area contributed by atoms with E-state index in [2.05, 4.69) is 80.4 Å². The summed E-state index contributed by atoms with van der Waals surface area (Å²) in [5, 5.41) is 1.00. The molecule has 1 aliphatic rings.